The zero-order chi connectivity index (χ0) is 15.0. The van der Waals surface area contributed by atoms with Crippen molar-refractivity contribution in [2.45, 2.75) is 6.92 Å². The number of nitriles is 1. The Bertz CT molecular complexity index is 537. The summed E-state index contributed by atoms with van der Waals surface area (Å²) in [5, 5.41) is 13.8. The van der Waals surface area contributed by atoms with Gasteiger partial charge in [0.05, 0.1) is 19.3 Å². The molecule has 0 aliphatic heterocycles. The second kappa shape index (κ2) is 7.63. The van der Waals surface area contributed by atoms with Crippen LogP contribution >= 0.6 is 0 Å². The van der Waals surface area contributed by atoms with E-state index in [1.54, 1.807) is 25.1 Å². The molecule has 0 heterocycles. The topological polar surface area (TPSA) is 100 Å². The lowest BCUT2D eigenvalue weighted by atomic mass is 10.2. The number of rotatable bonds is 5. The Kier molecular flexibility index (Phi) is 5.84. The minimum atomic E-state index is -0.626. The fourth-order valence-electron chi connectivity index (χ4n) is 1.45. The van der Waals surface area contributed by atoms with Gasteiger partial charge < -0.3 is 20.1 Å². The number of carbonyl (C=O) groups excluding carboxylic acids is 2. The SMILES string of the molecule is CCOC(=O)CNC(=O)Nc1c(C#N)cccc1OC. The van der Waals surface area contributed by atoms with E-state index in [1.165, 1.54) is 7.11 Å². The van der Waals surface area contributed by atoms with Crippen molar-refractivity contribution >= 4 is 17.7 Å². The van der Waals surface area contributed by atoms with E-state index in [0.717, 1.165) is 0 Å². The van der Waals surface area contributed by atoms with Crippen LogP contribution in [0.5, 0.6) is 5.75 Å². The highest BCUT2D eigenvalue weighted by Crippen LogP contribution is 2.27. The molecular formula is C13H15N3O4. The lowest BCUT2D eigenvalue weighted by Crippen LogP contribution is -2.34. The van der Waals surface area contributed by atoms with Crippen molar-refractivity contribution in [3.05, 3.63) is 23.8 Å². The molecule has 20 heavy (non-hydrogen) atoms. The third-order valence-corrected chi connectivity index (χ3v) is 2.30. The number of benzene rings is 1. The standard InChI is InChI=1S/C13H15N3O4/c1-3-20-11(17)8-15-13(18)16-12-9(7-14)5-4-6-10(12)19-2/h4-6H,3,8H2,1-2H3,(H2,15,16,18). The van der Waals surface area contributed by atoms with E-state index < -0.39 is 12.0 Å². The lowest BCUT2D eigenvalue weighted by Gasteiger charge is -2.12. The molecule has 0 bridgehead atoms. The van der Waals surface area contributed by atoms with E-state index in [0.29, 0.717) is 5.75 Å². The van der Waals surface area contributed by atoms with Gasteiger partial charge in [-0.05, 0) is 19.1 Å². The zero-order valence-corrected chi connectivity index (χ0v) is 11.2. The molecule has 0 saturated heterocycles. The summed E-state index contributed by atoms with van der Waals surface area (Å²) in [5.41, 5.74) is 0.509. The van der Waals surface area contributed by atoms with Gasteiger partial charge in [0.2, 0.25) is 0 Å². The molecule has 7 nitrogen and oxygen atoms in total. The van der Waals surface area contributed by atoms with E-state index in [-0.39, 0.29) is 24.4 Å². The highest BCUT2D eigenvalue weighted by Gasteiger charge is 2.13. The van der Waals surface area contributed by atoms with E-state index in [4.69, 9.17) is 10.00 Å². The second-order valence-electron chi connectivity index (χ2n) is 3.61. The number of nitrogens with zero attached hydrogens (tertiary/aromatic N) is 1. The van der Waals surface area contributed by atoms with Crippen LogP contribution in [0.15, 0.2) is 18.2 Å². The molecule has 0 aliphatic rings. The molecular weight excluding hydrogens is 262 g/mol. The van der Waals surface area contributed by atoms with Gasteiger partial charge in [0, 0.05) is 0 Å². The Hall–Kier alpha value is -2.75. The van der Waals surface area contributed by atoms with Crippen LogP contribution in [0.2, 0.25) is 0 Å². The molecule has 0 radical (unpaired) electrons. The monoisotopic (exact) mass is 277 g/mol. The molecule has 0 aliphatic carbocycles. The number of hydrogen-bond acceptors (Lipinski definition) is 5. The molecule has 0 saturated carbocycles. The summed E-state index contributed by atoms with van der Waals surface area (Å²) in [7, 11) is 1.43. The van der Waals surface area contributed by atoms with Gasteiger partial charge in [-0.1, -0.05) is 6.07 Å². The Labute approximate surface area is 116 Å². The van der Waals surface area contributed by atoms with Crippen LogP contribution in [0.25, 0.3) is 0 Å². The predicted molar refractivity (Wildman–Crippen MR) is 71.4 cm³/mol. The summed E-state index contributed by atoms with van der Waals surface area (Å²) in [6, 6.07) is 6.12. The van der Waals surface area contributed by atoms with Crippen LogP contribution in [0.1, 0.15) is 12.5 Å². The quantitative estimate of drug-likeness (QED) is 0.789. The number of urea groups is 1. The first-order valence-corrected chi connectivity index (χ1v) is 5.90. The van der Waals surface area contributed by atoms with Crippen molar-refractivity contribution in [1.82, 2.24) is 5.32 Å². The second-order valence-corrected chi connectivity index (χ2v) is 3.61. The van der Waals surface area contributed by atoms with Gasteiger partial charge >= 0.3 is 12.0 Å². The molecule has 1 aromatic rings. The van der Waals surface area contributed by atoms with Crippen molar-refractivity contribution in [2.75, 3.05) is 25.6 Å². The summed E-state index contributed by atoms with van der Waals surface area (Å²) < 4.78 is 9.74. The number of carbonyl (C=O) groups is 2. The third kappa shape index (κ3) is 4.17. The van der Waals surface area contributed by atoms with Crippen LogP contribution < -0.4 is 15.4 Å². The minimum Gasteiger partial charge on any atom is -0.495 e. The molecule has 0 fully saturated rings. The first-order chi connectivity index (χ1) is 9.62. The highest BCUT2D eigenvalue weighted by molar-refractivity contribution is 5.94. The Balaban J connectivity index is 2.71. The third-order valence-electron chi connectivity index (χ3n) is 2.30. The number of para-hydroxylation sites is 1. The Morgan fingerprint density at radius 2 is 2.15 bits per heavy atom. The number of amides is 2. The van der Waals surface area contributed by atoms with Gasteiger partial charge in [0.1, 0.15) is 24.1 Å². The number of ether oxygens (including phenoxy) is 2. The summed E-state index contributed by atoms with van der Waals surface area (Å²) >= 11 is 0. The van der Waals surface area contributed by atoms with Crippen molar-refractivity contribution < 1.29 is 19.1 Å². The molecule has 1 rings (SSSR count). The highest BCUT2D eigenvalue weighted by atomic mass is 16.5. The summed E-state index contributed by atoms with van der Waals surface area (Å²) in [6.07, 6.45) is 0. The van der Waals surface area contributed by atoms with Gasteiger partial charge in [-0.2, -0.15) is 5.26 Å². The maximum Gasteiger partial charge on any atom is 0.325 e. The van der Waals surface area contributed by atoms with Crippen molar-refractivity contribution in [3.63, 3.8) is 0 Å². The fourth-order valence-corrected chi connectivity index (χ4v) is 1.45. The average molecular weight is 277 g/mol. The fraction of sp³-hybridized carbons (Fsp3) is 0.308. The van der Waals surface area contributed by atoms with Crippen LogP contribution in [0.3, 0.4) is 0 Å². The molecule has 2 N–H and O–H groups in total. The number of anilines is 1. The van der Waals surface area contributed by atoms with E-state index >= 15 is 0 Å². The zero-order valence-electron chi connectivity index (χ0n) is 11.2. The van der Waals surface area contributed by atoms with Gasteiger partial charge in [0.25, 0.3) is 0 Å². The van der Waals surface area contributed by atoms with Crippen molar-refractivity contribution in [3.8, 4) is 11.8 Å². The number of methoxy groups -OCH3 is 1. The van der Waals surface area contributed by atoms with Gasteiger partial charge in [-0.3, -0.25) is 4.79 Å². The van der Waals surface area contributed by atoms with Gasteiger partial charge in [-0.25, -0.2) is 4.79 Å². The molecule has 7 heteroatoms. The maximum atomic E-state index is 11.7. The largest absolute Gasteiger partial charge is 0.495 e. The summed E-state index contributed by atoms with van der Waals surface area (Å²) in [6.45, 7) is 1.66. The van der Waals surface area contributed by atoms with E-state index in [1.807, 2.05) is 6.07 Å². The van der Waals surface area contributed by atoms with Crippen LogP contribution in [-0.4, -0.2) is 32.3 Å². The molecule has 106 valence electrons. The summed E-state index contributed by atoms with van der Waals surface area (Å²) in [5.74, 6) is -0.182. The Morgan fingerprint density at radius 3 is 2.75 bits per heavy atom. The predicted octanol–water partition coefficient (Wildman–Crippen LogP) is 1.25. The number of hydrogen-bond donors (Lipinski definition) is 2. The molecule has 1 aromatic carbocycles. The molecule has 0 spiro atoms. The van der Waals surface area contributed by atoms with Gasteiger partial charge in [0.15, 0.2) is 0 Å². The lowest BCUT2D eigenvalue weighted by molar-refractivity contribution is -0.141. The smallest absolute Gasteiger partial charge is 0.325 e. The molecule has 0 aromatic heterocycles. The first-order valence-electron chi connectivity index (χ1n) is 5.90. The van der Waals surface area contributed by atoms with Crippen molar-refractivity contribution in [1.29, 1.82) is 5.26 Å². The summed E-state index contributed by atoms with van der Waals surface area (Å²) in [4.78, 5) is 22.8. The van der Waals surface area contributed by atoms with E-state index in [2.05, 4.69) is 15.4 Å². The molecule has 0 unspecified atom stereocenters. The van der Waals surface area contributed by atoms with Crippen molar-refractivity contribution in [2.24, 2.45) is 0 Å². The van der Waals surface area contributed by atoms with E-state index in [9.17, 15) is 9.59 Å². The van der Waals surface area contributed by atoms with Crippen LogP contribution in [0, 0.1) is 11.3 Å². The van der Waals surface area contributed by atoms with Crippen LogP contribution in [-0.2, 0) is 9.53 Å². The molecule has 0 atom stereocenters. The normalized spacial score (nSPS) is 9.25. The van der Waals surface area contributed by atoms with Gasteiger partial charge in [-0.15, -0.1) is 0 Å². The maximum absolute atomic E-state index is 11.7. The minimum absolute atomic E-state index is 0.243. The van der Waals surface area contributed by atoms with Crippen LogP contribution in [0.4, 0.5) is 10.5 Å². The Morgan fingerprint density at radius 1 is 1.40 bits per heavy atom. The number of nitrogens with one attached hydrogen (secondary N) is 2. The molecule has 2 amide bonds. The first kappa shape index (κ1) is 15.3. The number of esters is 1. The average Bonchev–Trinajstić information content (AvgIpc) is 2.45.